The van der Waals surface area contributed by atoms with Crippen molar-refractivity contribution in [1.82, 2.24) is 19.6 Å². The molecule has 0 fully saturated rings. The van der Waals surface area contributed by atoms with Gasteiger partial charge >= 0.3 is 0 Å². The van der Waals surface area contributed by atoms with E-state index in [9.17, 15) is 0 Å². The van der Waals surface area contributed by atoms with Crippen molar-refractivity contribution in [2.24, 2.45) is 0 Å². The molecule has 0 N–H and O–H groups in total. The maximum Gasteiger partial charge on any atom is 0.228 e. The van der Waals surface area contributed by atoms with Crippen LogP contribution >= 0.6 is 0 Å². The van der Waals surface area contributed by atoms with Gasteiger partial charge in [-0.3, -0.25) is 0 Å². The summed E-state index contributed by atoms with van der Waals surface area (Å²) in [4.78, 5) is 9.65. The van der Waals surface area contributed by atoms with Crippen LogP contribution in [0.15, 0.2) is 91.3 Å². The summed E-state index contributed by atoms with van der Waals surface area (Å²) in [6, 6.07) is 28.3. The highest BCUT2D eigenvalue weighted by atomic mass is 16.5. The fourth-order valence-electron chi connectivity index (χ4n) is 5.05. The fraction of sp³-hybridized carbons (Fsp3) is 0.100. The molecule has 0 amide bonds. The van der Waals surface area contributed by atoms with Crippen LogP contribution in [0.2, 0.25) is 0 Å². The molecule has 1 aliphatic heterocycles. The quantitative estimate of drug-likeness (QED) is 0.293. The second-order valence-corrected chi connectivity index (χ2v) is 8.91. The molecule has 7 heteroatoms. The predicted octanol–water partition coefficient (Wildman–Crippen LogP) is 6.25. The number of benzene rings is 4. The molecule has 6 aromatic rings. The lowest BCUT2D eigenvalue weighted by molar-refractivity contribution is 0.414. The van der Waals surface area contributed by atoms with E-state index in [1.165, 1.54) is 0 Å². The van der Waals surface area contributed by atoms with Crippen molar-refractivity contribution in [2.45, 2.75) is 5.92 Å². The van der Waals surface area contributed by atoms with E-state index in [1.54, 1.807) is 25.1 Å². The van der Waals surface area contributed by atoms with Crippen LogP contribution in [-0.4, -0.2) is 33.8 Å². The third-order valence-corrected chi connectivity index (χ3v) is 6.89. The highest BCUT2D eigenvalue weighted by molar-refractivity contribution is 5.91. The molecule has 37 heavy (non-hydrogen) atoms. The first-order chi connectivity index (χ1) is 18.2. The average Bonchev–Trinajstić information content (AvgIpc) is 3.41. The molecular formula is C30H22N4O3. The number of methoxy groups -OCH3 is 2. The van der Waals surface area contributed by atoms with Crippen LogP contribution in [0.5, 0.6) is 23.1 Å². The zero-order valence-electron chi connectivity index (χ0n) is 20.3. The molecule has 0 aliphatic carbocycles. The van der Waals surface area contributed by atoms with E-state index >= 15 is 0 Å². The summed E-state index contributed by atoms with van der Waals surface area (Å²) < 4.78 is 19.0. The van der Waals surface area contributed by atoms with Crippen molar-refractivity contribution >= 4 is 16.4 Å². The van der Waals surface area contributed by atoms with Crippen LogP contribution < -0.4 is 14.2 Å². The number of nitrogens with zero attached hydrogens (tertiary/aromatic N) is 4. The van der Waals surface area contributed by atoms with E-state index in [0.29, 0.717) is 17.4 Å². The zero-order valence-corrected chi connectivity index (χ0v) is 20.3. The molecule has 1 atom stereocenters. The Bertz CT molecular complexity index is 1780. The summed E-state index contributed by atoms with van der Waals surface area (Å²) in [6.45, 7) is 0. The SMILES string of the molecule is COc1ccc(-c2nc3c4c(ncn3n2)Oc2c(ccc3ccccc23)[C@H]4c2ccc(OC)cc2)cc1. The first kappa shape index (κ1) is 21.4. The number of aromatic nitrogens is 4. The molecule has 0 spiro atoms. The monoisotopic (exact) mass is 486 g/mol. The Morgan fingerprint density at radius 2 is 1.54 bits per heavy atom. The van der Waals surface area contributed by atoms with Crippen molar-refractivity contribution < 1.29 is 14.2 Å². The average molecular weight is 487 g/mol. The fourth-order valence-corrected chi connectivity index (χ4v) is 5.05. The van der Waals surface area contributed by atoms with Crippen molar-refractivity contribution in [3.63, 3.8) is 0 Å². The standard InChI is InChI=1S/C30H22N4O3/c1-35-21-12-7-19(8-13-21)25-24-16-11-18-5-3-4-6-23(18)27(24)37-30-26(25)29-32-28(33-34(29)17-31-30)20-9-14-22(36-2)15-10-20/h3-17,25H,1-2H3/t25-/m1/s1. The molecule has 0 unspecified atom stereocenters. The molecular weight excluding hydrogens is 464 g/mol. The summed E-state index contributed by atoms with van der Waals surface area (Å²) in [5, 5.41) is 6.90. The minimum absolute atomic E-state index is 0.154. The molecule has 7 rings (SSSR count). The molecule has 7 nitrogen and oxygen atoms in total. The van der Waals surface area contributed by atoms with Crippen molar-refractivity contribution in [3.8, 4) is 34.5 Å². The maximum atomic E-state index is 6.51. The first-order valence-electron chi connectivity index (χ1n) is 12.0. The van der Waals surface area contributed by atoms with Crippen molar-refractivity contribution in [3.05, 3.63) is 108 Å². The van der Waals surface area contributed by atoms with E-state index < -0.39 is 0 Å². The van der Waals surface area contributed by atoms with Gasteiger partial charge in [-0.1, -0.05) is 48.5 Å². The van der Waals surface area contributed by atoms with Gasteiger partial charge in [-0.05, 0) is 47.3 Å². The Hall–Kier alpha value is -4.91. The Morgan fingerprint density at radius 1 is 0.811 bits per heavy atom. The molecule has 3 heterocycles. The Balaban J connectivity index is 1.47. The molecule has 1 aliphatic rings. The summed E-state index contributed by atoms with van der Waals surface area (Å²) >= 11 is 0. The highest BCUT2D eigenvalue weighted by Crippen LogP contribution is 2.50. The van der Waals surface area contributed by atoms with Gasteiger partial charge in [0.05, 0.1) is 19.8 Å². The molecule has 0 bridgehead atoms. The lowest BCUT2D eigenvalue weighted by Gasteiger charge is -2.28. The van der Waals surface area contributed by atoms with Crippen molar-refractivity contribution in [2.75, 3.05) is 14.2 Å². The predicted molar refractivity (Wildman–Crippen MR) is 141 cm³/mol. The van der Waals surface area contributed by atoms with Gasteiger partial charge in [0, 0.05) is 22.4 Å². The normalized spacial score (nSPS) is 14.2. The molecule has 0 radical (unpaired) electrons. The lowest BCUT2D eigenvalue weighted by atomic mass is 9.83. The van der Waals surface area contributed by atoms with Crippen molar-refractivity contribution in [1.29, 1.82) is 0 Å². The van der Waals surface area contributed by atoms with Gasteiger partial charge in [0.1, 0.15) is 23.6 Å². The minimum atomic E-state index is -0.154. The van der Waals surface area contributed by atoms with Gasteiger partial charge in [-0.25, -0.2) is 14.5 Å². The van der Waals surface area contributed by atoms with Crippen LogP contribution in [0, 0.1) is 0 Å². The van der Waals surface area contributed by atoms with Gasteiger partial charge in [-0.15, -0.1) is 5.10 Å². The highest BCUT2D eigenvalue weighted by Gasteiger charge is 2.34. The third-order valence-electron chi connectivity index (χ3n) is 6.89. The van der Waals surface area contributed by atoms with Crippen LogP contribution in [0.3, 0.4) is 0 Å². The second kappa shape index (κ2) is 8.34. The summed E-state index contributed by atoms with van der Waals surface area (Å²) in [7, 11) is 3.32. The minimum Gasteiger partial charge on any atom is -0.497 e. The molecule has 4 aromatic carbocycles. The first-order valence-corrected chi connectivity index (χ1v) is 12.0. The molecule has 180 valence electrons. The second-order valence-electron chi connectivity index (χ2n) is 8.91. The van der Waals surface area contributed by atoms with E-state index in [2.05, 4.69) is 36.4 Å². The lowest BCUT2D eigenvalue weighted by Crippen LogP contribution is -2.15. The van der Waals surface area contributed by atoms with Gasteiger partial charge in [-0.2, -0.15) is 0 Å². The Kier molecular flexibility index (Phi) is 4.82. The summed E-state index contributed by atoms with van der Waals surface area (Å²) in [5.41, 5.74) is 4.62. The molecule has 2 aromatic heterocycles. The van der Waals surface area contributed by atoms with Crippen LogP contribution in [0.25, 0.3) is 27.8 Å². The number of rotatable bonds is 4. The topological polar surface area (TPSA) is 70.8 Å². The third kappa shape index (κ3) is 3.39. The number of hydrogen-bond donors (Lipinski definition) is 0. The van der Waals surface area contributed by atoms with E-state index in [1.807, 2.05) is 48.5 Å². The number of ether oxygens (including phenoxy) is 3. The van der Waals surface area contributed by atoms with Gasteiger partial charge in [0.2, 0.25) is 5.88 Å². The van der Waals surface area contributed by atoms with Crippen LogP contribution in [0.1, 0.15) is 22.6 Å². The summed E-state index contributed by atoms with van der Waals surface area (Å²) in [6.07, 6.45) is 1.66. The Morgan fingerprint density at radius 3 is 2.30 bits per heavy atom. The van der Waals surface area contributed by atoms with E-state index in [-0.39, 0.29) is 5.92 Å². The smallest absolute Gasteiger partial charge is 0.228 e. The number of fused-ring (bicyclic) bond motifs is 6. The maximum absolute atomic E-state index is 6.51. The zero-order chi connectivity index (χ0) is 24.9. The molecule has 0 saturated carbocycles. The number of hydrogen-bond acceptors (Lipinski definition) is 6. The largest absolute Gasteiger partial charge is 0.497 e. The Labute approximate surface area is 212 Å². The van der Waals surface area contributed by atoms with Gasteiger partial charge in [0.15, 0.2) is 11.5 Å². The van der Waals surface area contributed by atoms with Gasteiger partial charge in [0.25, 0.3) is 0 Å². The molecule has 0 saturated heterocycles. The van der Waals surface area contributed by atoms with Crippen LogP contribution in [-0.2, 0) is 0 Å². The van der Waals surface area contributed by atoms with E-state index in [4.69, 9.17) is 29.3 Å². The van der Waals surface area contributed by atoms with Gasteiger partial charge < -0.3 is 14.2 Å². The summed E-state index contributed by atoms with van der Waals surface area (Å²) in [5.74, 6) is 3.39. The van der Waals surface area contributed by atoms with Crippen LogP contribution in [0.4, 0.5) is 0 Å². The van der Waals surface area contributed by atoms with E-state index in [0.717, 1.165) is 50.3 Å².